The minimum absolute atomic E-state index is 0.0348. The summed E-state index contributed by atoms with van der Waals surface area (Å²) in [6.07, 6.45) is 0.839. The molecule has 0 spiro atoms. The van der Waals surface area contributed by atoms with Crippen LogP contribution in [-0.4, -0.2) is 33.7 Å². The third kappa shape index (κ3) is 4.30. The van der Waals surface area contributed by atoms with Crippen LogP contribution >= 0.6 is 0 Å². The first-order valence-corrected chi connectivity index (χ1v) is 8.73. The summed E-state index contributed by atoms with van der Waals surface area (Å²) < 4.78 is 0. The Balaban J connectivity index is 2.34. The van der Waals surface area contributed by atoms with Gasteiger partial charge in [0.25, 0.3) is 0 Å². The van der Waals surface area contributed by atoms with E-state index >= 15 is 0 Å². The lowest BCUT2D eigenvalue weighted by molar-refractivity contribution is 0.170. The summed E-state index contributed by atoms with van der Waals surface area (Å²) in [5.41, 5.74) is 1.73. The summed E-state index contributed by atoms with van der Waals surface area (Å²) in [7, 11) is 0. The van der Waals surface area contributed by atoms with Crippen LogP contribution < -0.4 is 0 Å². The molecular formula is C21H29NO2. The molecule has 0 bridgehead atoms. The van der Waals surface area contributed by atoms with E-state index in [0.717, 1.165) is 24.1 Å². The third-order valence-electron chi connectivity index (χ3n) is 4.63. The van der Waals surface area contributed by atoms with E-state index in [-0.39, 0.29) is 17.4 Å². The molecule has 2 aromatic carbocycles. The minimum atomic E-state index is -0.0348. The van der Waals surface area contributed by atoms with E-state index in [9.17, 15) is 10.2 Å². The van der Waals surface area contributed by atoms with Crippen molar-refractivity contribution < 1.29 is 10.2 Å². The second-order valence-electron chi connectivity index (χ2n) is 6.88. The van der Waals surface area contributed by atoms with Gasteiger partial charge in [0.15, 0.2) is 0 Å². The maximum Gasteiger partial charge on any atom is 0.119 e. The van der Waals surface area contributed by atoms with Gasteiger partial charge in [-0.3, -0.25) is 4.90 Å². The highest BCUT2D eigenvalue weighted by Crippen LogP contribution is 2.37. The lowest BCUT2D eigenvalue weighted by Gasteiger charge is -2.32. The Labute approximate surface area is 145 Å². The number of hydrogen-bond donors (Lipinski definition) is 2. The van der Waals surface area contributed by atoms with Crippen molar-refractivity contribution in [3.8, 4) is 11.5 Å². The van der Waals surface area contributed by atoms with Crippen molar-refractivity contribution >= 4 is 0 Å². The van der Waals surface area contributed by atoms with E-state index in [1.807, 2.05) is 36.4 Å². The summed E-state index contributed by atoms with van der Waals surface area (Å²) in [5.74, 6) is 0.533. The Morgan fingerprint density at radius 1 is 0.750 bits per heavy atom. The van der Waals surface area contributed by atoms with Crippen LogP contribution in [0.2, 0.25) is 0 Å². The highest BCUT2D eigenvalue weighted by Gasteiger charge is 2.22. The Hall–Kier alpha value is -2.00. The first kappa shape index (κ1) is 18.3. The largest absolute Gasteiger partial charge is 0.508 e. The molecule has 0 unspecified atom stereocenters. The van der Waals surface area contributed by atoms with Gasteiger partial charge in [-0.15, -0.1) is 0 Å². The van der Waals surface area contributed by atoms with Crippen LogP contribution in [-0.2, 0) is 0 Å². The van der Waals surface area contributed by atoms with Crippen molar-refractivity contribution in [3.63, 3.8) is 0 Å². The monoisotopic (exact) mass is 327 g/mol. The second kappa shape index (κ2) is 8.20. The molecule has 3 nitrogen and oxygen atoms in total. The lowest BCUT2D eigenvalue weighted by Crippen LogP contribution is -2.38. The molecule has 0 saturated heterocycles. The van der Waals surface area contributed by atoms with Gasteiger partial charge in [-0.25, -0.2) is 0 Å². The first-order chi connectivity index (χ1) is 11.4. The van der Waals surface area contributed by atoms with Crippen molar-refractivity contribution in [2.45, 2.75) is 52.1 Å². The standard InChI is InChI=1S/C21H29NO2/c1-15(2)22(16(3)4)14-13-17(18-9-5-7-11-20(18)23)19-10-6-8-12-21(19)24/h5-12,15-17,23-24H,13-14H2,1-4H3. The second-order valence-corrected chi connectivity index (χ2v) is 6.88. The van der Waals surface area contributed by atoms with E-state index in [1.165, 1.54) is 0 Å². The fourth-order valence-corrected chi connectivity index (χ4v) is 3.43. The average Bonchev–Trinajstić information content (AvgIpc) is 2.53. The number of nitrogens with zero attached hydrogens (tertiary/aromatic N) is 1. The molecular weight excluding hydrogens is 298 g/mol. The summed E-state index contributed by atoms with van der Waals surface area (Å²) in [5, 5.41) is 20.6. The van der Waals surface area contributed by atoms with Crippen LogP contribution in [0, 0.1) is 0 Å². The molecule has 2 rings (SSSR count). The zero-order valence-electron chi connectivity index (χ0n) is 15.1. The van der Waals surface area contributed by atoms with Gasteiger partial charge in [0.2, 0.25) is 0 Å². The van der Waals surface area contributed by atoms with Gasteiger partial charge in [0.1, 0.15) is 11.5 Å². The maximum atomic E-state index is 10.3. The summed E-state index contributed by atoms with van der Waals surface area (Å²) in [4.78, 5) is 2.44. The molecule has 0 aliphatic rings. The van der Waals surface area contributed by atoms with E-state index in [1.54, 1.807) is 12.1 Å². The van der Waals surface area contributed by atoms with Crippen LogP contribution in [0.25, 0.3) is 0 Å². The zero-order valence-corrected chi connectivity index (χ0v) is 15.1. The molecule has 0 aromatic heterocycles. The fourth-order valence-electron chi connectivity index (χ4n) is 3.43. The van der Waals surface area contributed by atoms with Crippen molar-refractivity contribution in [1.82, 2.24) is 4.90 Å². The average molecular weight is 327 g/mol. The van der Waals surface area contributed by atoms with Crippen molar-refractivity contribution in [2.24, 2.45) is 0 Å². The van der Waals surface area contributed by atoms with Crippen LogP contribution in [0.5, 0.6) is 11.5 Å². The van der Waals surface area contributed by atoms with Crippen LogP contribution in [0.15, 0.2) is 48.5 Å². The van der Waals surface area contributed by atoms with E-state index in [2.05, 4.69) is 32.6 Å². The number of benzene rings is 2. The van der Waals surface area contributed by atoms with E-state index < -0.39 is 0 Å². The number of phenolic OH excluding ortho intramolecular Hbond substituents is 2. The molecule has 0 radical (unpaired) electrons. The summed E-state index contributed by atoms with van der Waals surface area (Å²) in [6.45, 7) is 9.72. The predicted molar refractivity (Wildman–Crippen MR) is 99.7 cm³/mol. The van der Waals surface area contributed by atoms with Crippen molar-refractivity contribution in [1.29, 1.82) is 0 Å². The van der Waals surface area contributed by atoms with Gasteiger partial charge in [0, 0.05) is 29.1 Å². The molecule has 24 heavy (non-hydrogen) atoms. The quantitative estimate of drug-likeness (QED) is 0.772. The lowest BCUT2D eigenvalue weighted by atomic mass is 9.87. The predicted octanol–water partition coefficient (Wildman–Crippen LogP) is 4.74. The van der Waals surface area contributed by atoms with Gasteiger partial charge in [0.05, 0.1) is 0 Å². The van der Waals surface area contributed by atoms with Gasteiger partial charge in [-0.2, -0.15) is 0 Å². The van der Waals surface area contributed by atoms with Gasteiger partial charge in [-0.05, 0) is 52.8 Å². The molecule has 0 saturated carbocycles. The van der Waals surface area contributed by atoms with Gasteiger partial charge >= 0.3 is 0 Å². The third-order valence-corrected chi connectivity index (χ3v) is 4.63. The van der Waals surface area contributed by atoms with Crippen LogP contribution in [0.1, 0.15) is 51.2 Å². The smallest absolute Gasteiger partial charge is 0.119 e. The number of para-hydroxylation sites is 2. The Morgan fingerprint density at radius 3 is 1.54 bits per heavy atom. The number of rotatable bonds is 7. The Kier molecular flexibility index (Phi) is 6.27. The maximum absolute atomic E-state index is 10.3. The molecule has 0 atom stereocenters. The Bertz CT molecular complexity index is 598. The molecule has 130 valence electrons. The van der Waals surface area contributed by atoms with E-state index in [0.29, 0.717) is 12.1 Å². The Morgan fingerprint density at radius 2 is 1.17 bits per heavy atom. The minimum Gasteiger partial charge on any atom is -0.508 e. The fraction of sp³-hybridized carbons (Fsp3) is 0.429. The molecule has 2 N–H and O–H groups in total. The van der Waals surface area contributed by atoms with Crippen molar-refractivity contribution in [3.05, 3.63) is 59.7 Å². The molecule has 0 aliphatic carbocycles. The molecule has 0 fully saturated rings. The molecule has 2 aromatic rings. The zero-order chi connectivity index (χ0) is 17.7. The van der Waals surface area contributed by atoms with E-state index in [4.69, 9.17) is 0 Å². The summed E-state index contributed by atoms with van der Waals surface area (Å²) >= 11 is 0. The SMILES string of the molecule is CC(C)N(CCC(c1ccccc1O)c1ccccc1O)C(C)C. The molecule has 0 aliphatic heterocycles. The van der Waals surface area contributed by atoms with Gasteiger partial charge in [-0.1, -0.05) is 36.4 Å². The highest BCUT2D eigenvalue weighted by atomic mass is 16.3. The number of phenols is 2. The first-order valence-electron chi connectivity index (χ1n) is 8.73. The highest BCUT2D eigenvalue weighted by molar-refractivity contribution is 5.45. The van der Waals surface area contributed by atoms with Crippen molar-refractivity contribution in [2.75, 3.05) is 6.54 Å². The van der Waals surface area contributed by atoms with Crippen LogP contribution in [0.3, 0.4) is 0 Å². The van der Waals surface area contributed by atoms with Gasteiger partial charge < -0.3 is 10.2 Å². The molecule has 0 heterocycles. The topological polar surface area (TPSA) is 43.7 Å². The summed E-state index contributed by atoms with van der Waals surface area (Å²) in [6, 6.07) is 15.8. The molecule has 0 amide bonds. The number of aromatic hydroxyl groups is 2. The normalized spacial score (nSPS) is 11.8. The molecule has 3 heteroatoms. The number of hydrogen-bond acceptors (Lipinski definition) is 3. The van der Waals surface area contributed by atoms with Crippen LogP contribution in [0.4, 0.5) is 0 Å².